The van der Waals surface area contributed by atoms with Gasteiger partial charge in [-0.2, -0.15) is 12.6 Å². The summed E-state index contributed by atoms with van der Waals surface area (Å²) in [6.45, 7) is 3.67. The van der Waals surface area contributed by atoms with Gasteiger partial charge in [-0.25, -0.2) is 5.26 Å². The fraction of sp³-hybridized carbons (Fsp3) is 0.407. The van der Waals surface area contributed by atoms with Crippen LogP contribution in [0.3, 0.4) is 0 Å². The van der Waals surface area contributed by atoms with Gasteiger partial charge in [0.2, 0.25) is 5.91 Å². The third-order valence-corrected chi connectivity index (χ3v) is 6.39. The molecule has 1 saturated heterocycles. The summed E-state index contributed by atoms with van der Waals surface area (Å²) in [5.41, 5.74) is 2.77. The molecule has 10 heteroatoms. The molecule has 0 spiro atoms. The van der Waals surface area contributed by atoms with E-state index in [9.17, 15) is 14.4 Å². The van der Waals surface area contributed by atoms with E-state index in [1.165, 1.54) is 4.90 Å². The number of hydrogen-bond donors (Lipinski definition) is 2. The fourth-order valence-electron chi connectivity index (χ4n) is 4.20. The fourth-order valence-corrected chi connectivity index (χ4v) is 4.20. The maximum atomic E-state index is 12.7. The van der Waals surface area contributed by atoms with Crippen LogP contribution in [0.5, 0.6) is 0 Å². The van der Waals surface area contributed by atoms with Gasteiger partial charge in [0, 0.05) is 47.6 Å². The Balaban J connectivity index is 0.00000186. The molecule has 1 saturated carbocycles. The lowest BCUT2D eigenvalue weighted by Crippen LogP contribution is -2.37. The molecule has 2 fully saturated rings. The normalized spacial score (nSPS) is 14.5. The Morgan fingerprint density at radius 2 is 1.70 bits per heavy atom. The molecule has 2 aromatic carbocycles. The monoisotopic (exact) mass is 520 g/mol. The van der Waals surface area contributed by atoms with Crippen molar-refractivity contribution in [2.24, 2.45) is 5.92 Å². The molecule has 8 nitrogen and oxygen atoms in total. The average Bonchev–Trinajstić information content (AvgIpc) is 3.79. The van der Waals surface area contributed by atoms with Gasteiger partial charge >= 0.3 is 5.97 Å². The number of thiol groups is 1. The molecule has 0 unspecified atom stereocenters. The third kappa shape index (κ3) is 7.77. The lowest BCUT2D eigenvalue weighted by atomic mass is 9.45. The van der Waals surface area contributed by atoms with Gasteiger partial charge in [-0.3, -0.25) is 14.4 Å². The number of carbonyl (C=O) groups is 3. The second-order valence-corrected chi connectivity index (χ2v) is 8.94. The van der Waals surface area contributed by atoms with Crippen molar-refractivity contribution in [3.05, 3.63) is 54.1 Å². The van der Waals surface area contributed by atoms with Crippen molar-refractivity contribution in [1.29, 1.82) is 5.26 Å². The number of amides is 2. The van der Waals surface area contributed by atoms with Gasteiger partial charge in [0.05, 0.1) is 6.61 Å². The Bertz CT molecular complexity index is 1110. The summed E-state index contributed by atoms with van der Waals surface area (Å²) in [4.78, 5) is 41.1. The number of nitrogens with one attached hydrogen (secondary N) is 1. The van der Waals surface area contributed by atoms with Crippen molar-refractivity contribution in [3.8, 4) is 5.97 Å². The van der Waals surface area contributed by atoms with Crippen LogP contribution in [-0.2, 0) is 14.3 Å². The van der Waals surface area contributed by atoms with Gasteiger partial charge in [0.15, 0.2) is 0 Å². The number of ether oxygens (including phenoxy) is 1. The van der Waals surface area contributed by atoms with Crippen molar-refractivity contribution in [2.75, 3.05) is 47.6 Å². The summed E-state index contributed by atoms with van der Waals surface area (Å²) in [6, 6.07) is 14.4. The summed E-state index contributed by atoms with van der Waals surface area (Å²) in [5.74, 6) is 1.55. The van der Waals surface area contributed by atoms with Crippen molar-refractivity contribution < 1.29 is 19.1 Å². The second kappa shape index (κ2) is 13.7. The quantitative estimate of drug-likeness (QED) is 0.308. The number of hydrogen-bond acceptors (Lipinski definition) is 7. The molecule has 1 aliphatic heterocycles. The second-order valence-electron chi connectivity index (χ2n) is 8.94. The first-order valence-corrected chi connectivity index (χ1v) is 13.5. The minimum Gasteiger partial charge on any atom is -0.465 e. The van der Waals surface area contributed by atoms with Gasteiger partial charge in [0.1, 0.15) is 6.54 Å². The Kier molecular flexibility index (Phi) is 10.5. The van der Waals surface area contributed by atoms with Crippen LogP contribution < -0.4 is 15.1 Å². The number of carbonyl (C=O) groups excluding carboxylic acids is 3. The first kappa shape index (κ1) is 28.1. The maximum absolute atomic E-state index is 12.7. The van der Waals surface area contributed by atoms with Gasteiger partial charge in [-0.15, -0.1) is 0 Å². The number of benzene rings is 2. The summed E-state index contributed by atoms with van der Waals surface area (Å²) in [5, 5.41) is 11.9. The molecule has 1 aliphatic carbocycles. The smallest absolute Gasteiger partial charge is 0.326 e. The molecule has 1 N–H and O–H groups in total. The third-order valence-electron chi connectivity index (χ3n) is 6.39. The molecule has 2 aliphatic rings. The lowest BCUT2D eigenvalue weighted by molar-refractivity contribution is -0.142. The standard InChI is InChI=1S/C26H29BN4O4.CH4S/c1-2-35-24(32)17-31(26(34)20-3-4-20)23-11-7-21(8-12-23)29-25(33)19-5-9-22(10-6-19)30-15-13-27(18-28)14-16-30;1-2/h5-12,20H,2-4,13-17H2,1H3,(H,29,33);2H,1H3. The first-order valence-electron chi connectivity index (χ1n) is 12.6. The van der Waals surface area contributed by atoms with Crippen LogP contribution in [0.4, 0.5) is 17.1 Å². The van der Waals surface area contributed by atoms with E-state index >= 15 is 0 Å². The molecule has 4 rings (SSSR count). The summed E-state index contributed by atoms with van der Waals surface area (Å²) >= 11 is 3.53. The summed E-state index contributed by atoms with van der Waals surface area (Å²) in [6.07, 6.45) is 5.09. The number of anilines is 3. The molecule has 0 atom stereocenters. The molecule has 2 amide bonds. The van der Waals surface area contributed by atoms with E-state index in [0.717, 1.165) is 44.3 Å². The topological polar surface area (TPSA) is 103 Å². The van der Waals surface area contributed by atoms with Crippen molar-refractivity contribution in [3.63, 3.8) is 0 Å². The zero-order valence-electron chi connectivity index (χ0n) is 21.4. The molecule has 1 heterocycles. The van der Waals surface area contributed by atoms with Crippen LogP contribution in [0, 0.1) is 17.1 Å². The highest BCUT2D eigenvalue weighted by Gasteiger charge is 2.35. The van der Waals surface area contributed by atoms with Gasteiger partial charge in [-0.1, -0.05) is 0 Å². The van der Waals surface area contributed by atoms with Crippen LogP contribution in [0.15, 0.2) is 48.5 Å². The van der Waals surface area contributed by atoms with E-state index in [0.29, 0.717) is 16.9 Å². The Morgan fingerprint density at radius 3 is 2.24 bits per heavy atom. The van der Waals surface area contributed by atoms with Crippen LogP contribution in [0.2, 0.25) is 12.6 Å². The summed E-state index contributed by atoms with van der Waals surface area (Å²) < 4.78 is 5.02. The Morgan fingerprint density at radius 1 is 1.08 bits per heavy atom. The number of esters is 1. The van der Waals surface area contributed by atoms with Gasteiger partial charge in [-0.05, 0) is 87.2 Å². The van der Waals surface area contributed by atoms with Crippen LogP contribution in [0.1, 0.15) is 30.1 Å². The van der Waals surface area contributed by atoms with E-state index < -0.39 is 5.97 Å². The highest BCUT2D eigenvalue weighted by Crippen LogP contribution is 2.33. The average molecular weight is 520 g/mol. The Hall–Kier alpha value is -3.45. The Labute approximate surface area is 224 Å². The van der Waals surface area contributed by atoms with Gasteiger partial charge in [0.25, 0.3) is 12.6 Å². The van der Waals surface area contributed by atoms with Crippen molar-refractivity contribution in [2.45, 2.75) is 32.4 Å². The van der Waals surface area contributed by atoms with Crippen molar-refractivity contribution in [1.82, 2.24) is 0 Å². The molecule has 194 valence electrons. The molecule has 0 aromatic heterocycles. The first-order chi connectivity index (χ1) is 18.0. The predicted octanol–water partition coefficient (Wildman–Crippen LogP) is 4.17. The largest absolute Gasteiger partial charge is 0.465 e. The van der Waals surface area contributed by atoms with Crippen LogP contribution in [0.25, 0.3) is 0 Å². The van der Waals surface area contributed by atoms with Crippen LogP contribution >= 0.6 is 12.6 Å². The zero-order valence-corrected chi connectivity index (χ0v) is 22.2. The highest BCUT2D eigenvalue weighted by atomic mass is 32.1. The number of nitriles is 1. The lowest BCUT2D eigenvalue weighted by Gasteiger charge is -2.30. The van der Waals surface area contributed by atoms with E-state index in [2.05, 4.69) is 28.8 Å². The molecule has 37 heavy (non-hydrogen) atoms. The zero-order chi connectivity index (χ0) is 26.8. The number of rotatable bonds is 8. The number of nitrogens with zero attached hydrogens (tertiary/aromatic N) is 3. The minimum absolute atomic E-state index is 0.0375. The maximum Gasteiger partial charge on any atom is 0.326 e. The highest BCUT2D eigenvalue weighted by molar-refractivity contribution is 7.79. The van der Waals surface area contributed by atoms with E-state index in [4.69, 9.17) is 10.00 Å². The van der Waals surface area contributed by atoms with E-state index in [1.807, 2.05) is 12.1 Å². The SMILES string of the molecule is CCOC(=O)CN(C(=O)C1CC1)c1ccc(NC(=O)c2ccc(N3CCB(C#N)CC3)cc2)cc1.CS. The summed E-state index contributed by atoms with van der Waals surface area (Å²) in [7, 11) is 0. The van der Waals surface area contributed by atoms with E-state index in [-0.39, 0.29) is 37.6 Å². The van der Waals surface area contributed by atoms with Crippen LogP contribution in [-0.4, -0.2) is 57.0 Å². The molecule has 0 radical (unpaired) electrons. The van der Waals surface area contributed by atoms with Crippen molar-refractivity contribution >= 4 is 54.2 Å². The molecule has 0 bridgehead atoms. The predicted molar refractivity (Wildman–Crippen MR) is 151 cm³/mol. The molecular formula is C27H33BN4O4S. The van der Waals surface area contributed by atoms with Gasteiger partial charge < -0.3 is 19.9 Å². The molecular weight excluding hydrogens is 487 g/mol. The van der Waals surface area contributed by atoms with E-state index in [1.54, 1.807) is 49.6 Å². The molecule has 2 aromatic rings. The minimum atomic E-state index is -0.447.